The molecule has 3 aromatic carbocycles. The van der Waals surface area contributed by atoms with Gasteiger partial charge in [0.05, 0.1) is 16.0 Å². The third-order valence-corrected chi connectivity index (χ3v) is 6.90. The second-order valence-corrected chi connectivity index (χ2v) is 8.68. The van der Waals surface area contributed by atoms with Gasteiger partial charge in [-0.3, -0.25) is 4.79 Å². The first-order valence-corrected chi connectivity index (χ1v) is 10.1. The molecular formula is C22H19NO3S. The Morgan fingerprint density at radius 3 is 2.07 bits per heavy atom. The van der Waals surface area contributed by atoms with Crippen molar-refractivity contribution in [3.63, 3.8) is 0 Å². The number of sulfonamides is 1. The van der Waals surface area contributed by atoms with Crippen molar-refractivity contribution in [1.29, 1.82) is 0 Å². The summed E-state index contributed by atoms with van der Waals surface area (Å²) in [6.45, 7) is 3.67. The average Bonchev–Trinajstić information content (AvgIpc) is 2.92. The van der Waals surface area contributed by atoms with E-state index in [2.05, 4.69) is 0 Å². The SMILES string of the molecule is Cc1ccc(S(=O)(=O)N2C(=O)C(C)(c3ccccc3)c3ccccc32)cc1. The lowest BCUT2D eigenvalue weighted by atomic mass is 9.77. The minimum Gasteiger partial charge on any atom is -0.272 e. The van der Waals surface area contributed by atoms with E-state index in [9.17, 15) is 13.2 Å². The van der Waals surface area contributed by atoms with Gasteiger partial charge in [0, 0.05) is 0 Å². The van der Waals surface area contributed by atoms with Crippen LogP contribution in [0.2, 0.25) is 0 Å². The number of amides is 1. The van der Waals surface area contributed by atoms with Crippen LogP contribution in [0.15, 0.2) is 83.8 Å². The number of anilines is 1. The molecule has 5 heteroatoms. The highest BCUT2D eigenvalue weighted by Crippen LogP contribution is 2.47. The molecule has 0 fully saturated rings. The van der Waals surface area contributed by atoms with E-state index in [1.54, 1.807) is 43.3 Å². The zero-order valence-corrected chi connectivity index (χ0v) is 15.9. The molecule has 0 saturated carbocycles. The Labute approximate surface area is 159 Å². The first-order valence-electron chi connectivity index (χ1n) is 8.68. The summed E-state index contributed by atoms with van der Waals surface area (Å²) in [5.74, 6) is -0.463. The fraction of sp³-hybridized carbons (Fsp3) is 0.136. The smallest absolute Gasteiger partial charge is 0.270 e. The molecule has 27 heavy (non-hydrogen) atoms. The first-order chi connectivity index (χ1) is 12.9. The lowest BCUT2D eigenvalue weighted by molar-refractivity contribution is -0.120. The molecule has 0 radical (unpaired) electrons. The van der Waals surface area contributed by atoms with Gasteiger partial charge in [-0.2, -0.15) is 0 Å². The van der Waals surface area contributed by atoms with Crippen LogP contribution in [0.4, 0.5) is 5.69 Å². The summed E-state index contributed by atoms with van der Waals surface area (Å²) < 4.78 is 27.6. The van der Waals surface area contributed by atoms with Crippen LogP contribution in [0, 0.1) is 6.92 Å². The molecule has 1 unspecified atom stereocenters. The predicted octanol–water partition coefficient (Wildman–Crippen LogP) is 4.04. The molecule has 0 N–H and O–H groups in total. The molecule has 1 aliphatic heterocycles. The number of carbonyl (C=O) groups is 1. The molecule has 4 rings (SSSR count). The summed E-state index contributed by atoms with van der Waals surface area (Å²) in [5, 5.41) is 0. The summed E-state index contributed by atoms with van der Waals surface area (Å²) in [4.78, 5) is 13.6. The van der Waals surface area contributed by atoms with Gasteiger partial charge in [-0.15, -0.1) is 0 Å². The van der Waals surface area contributed by atoms with Gasteiger partial charge in [0.15, 0.2) is 0 Å². The maximum absolute atomic E-state index is 13.5. The summed E-state index contributed by atoms with van der Waals surface area (Å²) in [5.41, 5.74) is 1.77. The van der Waals surface area contributed by atoms with Crippen molar-refractivity contribution in [2.45, 2.75) is 24.2 Å². The van der Waals surface area contributed by atoms with E-state index in [0.717, 1.165) is 15.4 Å². The zero-order chi connectivity index (χ0) is 19.2. The number of para-hydroxylation sites is 1. The molecule has 0 aliphatic carbocycles. The Balaban J connectivity index is 1.94. The molecule has 4 nitrogen and oxygen atoms in total. The van der Waals surface area contributed by atoms with Gasteiger partial charge in [-0.1, -0.05) is 66.2 Å². The first kappa shape index (κ1) is 17.5. The molecule has 1 aliphatic rings. The van der Waals surface area contributed by atoms with Gasteiger partial charge in [0.2, 0.25) is 0 Å². The van der Waals surface area contributed by atoms with Crippen molar-refractivity contribution in [2.24, 2.45) is 0 Å². The molecule has 136 valence electrons. The van der Waals surface area contributed by atoms with E-state index >= 15 is 0 Å². The molecular weight excluding hydrogens is 358 g/mol. The molecule has 1 atom stereocenters. The van der Waals surface area contributed by atoms with Crippen LogP contribution in [0.5, 0.6) is 0 Å². The van der Waals surface area contributed by atoms with Crippen LogP contribution < -0.4 is 4.31 Å². The Hall–Kier alpha value is -2.92. The molecule has 3 aromatic rings. The fourth-order valence-electron chi connectivity index (χ4n) is 3.61. The molecule has 0 spiro atoms. The number of fused-ring (bicyclic) bond motifs is 1. The number of nitrogens with zero attached hydrogens (tertiary/aromatic N) is 1. The van der Waals surface area contributed by atoms with Crippen LogP contribution in [0.3, 0.4) is 0 Å². The minimum absolute atomic E-state index is 0.105. The molecule has 1 amide bonds. The van der Waals surface area contributed by atoms with Crippen molar-refractivity contribution >= 4 is 21.6 Å². The summed E-state index contributed by atoms with van der Waals surface area (Å²) in [7, 11) is -4.01. The topological polar surface area (TPSA) is 54.5 Å². The average molecular weight is 377 g/mol. The van der Waals surface area contributed by atoms with Crippen molar-refractivity contribution in [3.8, 4) is 0 Å². The largest absolute Gasteiger partial charge is 0.272 e. The fourth-order valence-corrected chi connectivity index (χ4v) is 5.12. The van der Waals surface area contributed by atoms with Crippen LogP contribution >= 0.6 is 0 Å². The molecule has 1 heterocycles. The molecule has 0 aromatic heterocycles. The van der Waals surface area contributed by atoms with Crippen molar-refractivity contribution in [3.05, 3.63) is 95.6 Å². The maximum Gasteiger partial charge on any atom is 0.270 e. The van der Waals surface area contributed by atoms with Gasteiger partial charge < -0.3 is 0 Å². The van der Waals surface area contributed by atoms with Crippen molar-refractivity contribution in [2.75, 3.05) is 4.31 Å². The van der Waals surface area contributed by atoms with Gasteiger partial charge in [0.1, 0.15) is 0 Å². The number of hydrogen-bond donors (Lipinski definition) is 0. The van der Waals surface area contributed by atoms with Crippen LogP contribution in [0.1, 0.15) is 23.6 Å². The van der Waals surface area contributed by atoms with Gasteiger partial charge in [0.25, 0.3) is 15.9 Å². The standard InChI is InChI=1S/C22H19NO3S/c1-16-12-14-18(15-13-16)27(25,26)23-20-11-7-6-10-19(20)22(2,21(23)24)17-8-4-3-5-9-17/h3-15H,1-2H3. The highest BCUT2D eigenvalue weighted by atomic mass is 32.2. The van der Waals surface area contributed by atoms with E-state index in [0.29, 0.717) is 11.3 Å². The number of carbonyl (C=O) groups excluding carboxylic acids is 1. The summed E-state index contributed by atoms with van der Waals surface area (Å²) in [6.07, 6.45) is 0. The Morgan fingerprint density at radius 2 is 1.41 bits per heavy atom. The number of rotatable bonds is 3. The van der Waals surface area contributed by atoms with E-state index in [-0.39, 0.29) is 4.90 Å². The van der Waals surface area contributed by atoms with Crippen LogP contribution in [-0.2, 0) is 20.2 Å². The second kappa shape index (κ2) is 6.06. The number of hydrogen-bond acceptors (Lipinski definition) is 3. The normalized spacial score (nSPS) is 19.2. The van der Waals surface area contributed by atoms with E-state index in [1.807, 2.05) is 49.4 Å². The van der Waals surface area contributed by atoms with E-state index < -0.39 is 21.3 Å². The minimum atomic E-state index is -4.01. The molecule has 0 saturated heterocycles. The Morgan fingerprint density at radius 1 is 0.815 bits per heavy atom. The third-order valence-electron chi connectivity index (χ3n) is 5.18. The number of aryl methyl sites for hydroxylation is 1. The quantitative estimate of drug-likeness (QED) is 0.692. The maximum atomic E-state index is 13.5. The predicted molar refractivity (Wildman–Crippen MR) is 105 cm³/mol. The van der Waals surface area contributed by atoms with Crippen LogP contribution in [-0.4, -0.2) is 14.3 Å². The van der Waals surface area contributed by atoms with E-state index in [1.165, 1.54) is 0 Å². The van der Waals surface area contributed by atoms with Crippen LogP contribution in [0.25, 0.3) is 0 Å². The lowest BCUT2D eigenvalue weighted by Gasteiger charge is -2.25. The monoisotopic (exact) mass is 377 g/mol. The highest BCUT2D eigenvalue weighted by Gasteiger charge is 2.52. The third kappa shape index (κ3) is 2.50. The second-order valence-electron chi connectivity index (χ2n) is 6.90. The Kier molecular flexibility index (Phi) is 3.93. The van der Waals surface area contributed by atoms with Gasteiger partial charge in [-0.25, -0.2) is 12.7 Å². The summed E-state index contributed by atoms with van der Waals surface area (Å²) in [6, 6.07) is 22.9. The van der Waals surface area contributed by atoms with Crippen molar-refractivity contribution in [1.82, 2.24) is 0 Å². The zero-order valence-electron chi connectivity index (χ0n) is 15.1. The van der Waals surface area contributed by atoms with Crippen molar-refractivity contribution < 1.29 is 13.2 Å². The lowest BCUT2D eigenvalue weighted by Crippen LogP contribution is -2.42. The highest BCUT2D eigenvalue weighted by molar-refractivity contribution is 7.93. The Bertz CT molecular complexity index is 1120. The molecule has 0 bridgehead atoms. The number of benzene rings is 3. The van der Waals surface area contributed by atoms with E-state index in [4.69, 9.17) is 0 Å². The van der Waals surface area contributed by atoms with Gasteiger partial charge in [-0.05, 0) is 43.2 Å². The summed E-state index contributed by atoms with van der Waals surface area (Å²) >= 11 is 0. The van der Waals surface area contributed by atoms with Gasteiger partial charge >= 0.3 is 0 Å².